The van der Waals surface area contributed by atoms with Crippen LogP contribution in [0.15, 0.2) is 227 Å². The maximum Gasteiger partial charge on any atom is 0.137 e. The minimum absolute atomic E-state index is 0.844. The Labute approximate surface area is 356 Å². The van der Waals surface area contributed by atoms with Gasteiger partial charge in [0.2, 0.25) is 0 Å². The van der Waals surface area contributed by atoms with Gasteiger partial charge in [0, 0.05) is 67.5 Å². The molecule has 4 nitrogen and oxygen atoms in total. The number of hydrogen-bond donors (Lipinski definition) is 0. The summed E-state index contributed by atoms with van der Waals surface area (Å²) < 4.78 is 13.3. The fourth-order valence-corrected chi connectivity index (χ4v) is 9.62. The molecule has 0 spiro atoms. The summed E-state index contributed by atoms with van der Waals surface area (Å²) in [5.41, 5.74) is 9.62. The molecular formula is C58H36N2O2. The van der Waals surface area contributed by atoms with Gasteiger partial charge in [0.25, 0.3) is 0 Å². The van der Waals surface area contributed by atoms with Crippen LogP contribution in [-0.2, 0) is 0 Å². The third-order valence-electron chi connectivity index (χ3n) is 12.5. The molecule has 0 N–H and O–H groups in total. The quantitative estimate of drug-likeness (QED) is 0.157. The maximum atomic E-state index is 6.69. The Bertz CT molecular complexity index is 3890. The van der Waals surface area contributed by atoms with Crippen LogP contribution in [0.3, 0.4) is 0 Å². The molecule has 0 aliphatic rings. The van der Waals surface area contributed by atoms with Crippen LogP contribution >= 0.6 is 0 Å². The molecule has 2 aromatic heterocycles. The van der Waals surface area contributed by atoms with Gasteiger partial charge < -0.3 is 18.6 Å². The van der Waals surface area contributed by atoms with Gasteiger partial charge >= 0.3 is 0 Å². The predicted octanol–water partition coefficient (Wildman–Crippen LogP) is 17.0. The zero-order valence-electron chi connectivity index (χ0n) is 33.5. The van der Waals surface area contributed by atoms with Gasteiger partial charge in [-0.05, 0) is 123 Å². The van der Waals surface area contributed by atoms with Gasteiger partial charge in [0.1, 0.15) is 22.3 Å². The molecule has 0 bridgehead atoms. The normalized spacial score (nSPS) is 11.9. The standard InChI is InChI=1S/C58H36N2O2/c1-3-18-43(19-4-1)59(45-25-27-49-51-30-38-14-7-9-16-40(38)32-54(51)61-56(49)35-45)47-29-42-24-23-37-13-11-12-22-48(37)58(42)53(34-47)60(44-20-5-2-6-21-44)46-26-28-50-52-31-39-15-8-10-17-41(39)33-55(52)62-57(50)36-46/h1-36H. The zero-order valence-corrected chi connectivity index (χ0v) is 33.5. The lowest BCUT2D eigenvalue weighted by molar-refractivity contribution is 0.669. The fourth-order valence-electron chi connectivity index (χ4n) is 9.62. The second kappa shape index (κ2) is 13.6. The summed E-state index contributed by atoms with van der Waals surface area (Å²) in [5, 5.41) is 13.8. The Hall–Kier alpha value is -8.34. The van der Waals surface area contributed by atoms with E-state index in [0.717, 1.165) is 94.2 Å². The highest BCUT2D eigenvalue weighted by Crippen LogP contribution is 2.48. The Balaban J connectivity index is 1.06. The van der Waals surface area contributed by atoms with E-state index >= 15 is 0 Å². The lowest BCUT2D eigenvalue weighted by Crippen LogP contribution is -2.14. The first-order valence-electron chi connectivity index (χ1n) is 21.1. The molecule has 0 aliphatic carbocycles. The number of benzene rings is 11. The van der Waals surface area contributed by atoms with Gasteiger partial charge in [0.05, 0.1) is 5.69 Å². The van der Waals surface area contributed by atoms with Crippen LogP contribution in [0.1, 0.15) is 0 Å². The minimum Gasteiger partial charge on any atom is -0.456 e. The van der Waals surface area contributed by atoms with Crippen LogP contribution in [0.4, 0.5) is 34.1 Å². The lowest BCUT2D eigenvalue weighted by Gasteiger charge is -2.31. The molecule has 0 aliphatic heterocycles. The second-order valence-electron chi connectivity index (χ2n) is 16.1. The average molecular weight is 793 g/mol. The molecule has 0 radical (unpaired) electrons. The highest BCUT2D eigenvalue weighted by molar-refractivity contribution is 6.18. The van der Waals surface area contributed by atoms with Crippen LogP contribution in [0.5, 0.6) is 0 Å². The first-order valence-corrected chi connectivity index (χ1v) is 21.1. The molecule has 290 valence electrons. The summed E-state index contributed by atoms with van der Waals surface area (Å²) in [6, 6.07) is 78.2. The first-order chi connectivity index (χ1) is 30.7. The van der Waals surface area contributed by atoms with Crippen molar-refractivity contribution in [1.82, 2.24) is 0 Å². The van der Waals surface area contributed by atoms with Crippen molar-refractivity contribution in [2.45, 2.75) is 0 Å². The third-order valence-corrected chi connectivity index (χ3v) is 12.5. The highest BCUT2D eigenvalue weighted by Gasteiger charge is 2.23. The second-order valence-corrected chi connectivity index (χ2v) is 16.1. The lowest BCUT2D eigenvalue weighted by atomic mass is 9.97. The van der Waals surface area contributed by atoms with Crippen LogP contribution in [0, 0.1) is 0 Å². The number of nitrogens with zero attached hydrogens (tertiary/aromatic N) is 2. The topological polar surface area (TPSA) is 32.8 Å². The van der Waals surface area contributed by atoms with E-state index in [1.54, 1.807) is 0 Å². The molecule has 0 saturated heterocycles. The number of anilines is 6. The maximum absolute atomic E-state index is 6.69. The molecule has 4 heteroatoms. The van der Waals surface area contributed by atoms with Crippen molar-refractivity contribution in [2.24, 2.45) is 0 Å². The van der Waals surface area contributed by atoms with Crippen LogP contribution < -0.4 is 9.80 Å². The molecule has 2 heterocycles. The number of fused-ring (bicyclic) bond motifs is 11. The summed E-state index contributed by atoms with van der Waals surface area (Å²) in [4.78, 5) is 4.73. The van der Waals surface area contributed by atoms with Crippen molar-refractivity contribution in [3.8, 4) is 0 Å². The molecule has 0 amide bonds. The van der Waals surface area contributed by atoms with E-state index in [9.17, 15) is 0 Å². The molecule has 0 atom stereocenters. The van der Waals surface area contributed by atoms with Gasteiger partial charge in [0.15, 0.2) is 0 Å². The third kappa shape index (κ3) is 5.47. The number of furan rings is 2. The number of para-hydroxylation sites is 2. The van der Waals surface area contributed by atoms with E-state index in [1.807, 2.05) is 0 Å². The van der Waals surface area contributed by atoms with E-state index in [1.165, 1.54) is 26.9 Å². The Morgan fingerprint density at radius 3 is 1.27 bits per heavy atom. The van der Waals surface area contributed by atoms with Crippen LogP contribution in [0.2, 0.25) is 0 Å². The fraction of sp³-hybridized carbons (Fsp3) is 0. The average Bonchev–Trinajstić information content (AvgIpc) is 3.86. The van der Waals surface area contributed by atoms with Crippen molar-refractivity contribution in [2.75, 3.05) is 9.80 Å². The van der Waals surface area contributed by atoms with Crippen molar-refractivity contribution >= 4 is 121 Å². The molecule has 62 heavy (non-hydrogen) atoms. The first kappa shape index (κ1) is 34.5. The summed E-state index contributed by atoms with van der Waals surface area (Å²) in [6.45, 7) is 0. The van der Waals surface area contributed by atoms with E-state index in [-0.39, 0.29) is 0 Å². The Kier molecular flexibility index (Phi) is 7.57. The molecule has 0 fully saturated rings. The molecular weight excluding hydrogens is 757 g/mol. The summed E-state index contributed by atoms with van der Waals surface area (Å²) in [6.07, 6.45) is 0. The minimum atomic E-state index is 0.844. The molecule has 0 saturated carbocycles. The van der Waals surface area contributed by atoms with Gasteiger partial charge in [-0.25, -0.2) is 0 Å². The van der Waals surface area contributed by atoms with E-state index in [2.05, 4.69) is 228 Å². The van der Waals surface area contributed by atoms with Gasteiger partial charge in [-0.2, -0.15) is 0 Å². The summed E-state index contributed by atoms with van der Waals surface area (Å²) in [7, 11) is 0. The summed E-state index contributed by atoms with van der Waals surface area (Å²) >= 11 is 0. The summed E-state index contributed by atoms with van der Waals surface area (Å²) in [5.74, 6) is 0. The van der Waals surface area contributed by atoms with Gasteiger partial charge in [-0.1, -0.05) is 121 Å². The van der Waals surface area contributed by atoms with E-state index in [0.29, 0.717) is 0 Å². The Morgan fingerprint density at radius 1 is 0.242 bits per heavy atom. The smallest absolute Gasteiger partial charge is 0.137 e. The molecule has 0 unspecified atom stereocenters. The highest BCUT2D eigenvalue weighted by atomic mass is 16.3. The monoisotopic (exact) mass is 792 g/mol. The van der Waals surface area contributed by atoms with Crippen LogP contribution in [-0.4, -0.2) is 0 Å². The van der Waals surface area contributed by atoms with Crippen molar-refractivity contribution in [1.29, 1.82) is 0 Å². The van der Waals surface area contributed by atoms with Crippen LogP contribution in [0.25, 0.3) is 87.0 Å². The SMILES string of the molecule is c1ccc(N(c2cc(N(c3ccccc3)c3ccc4c(c3)oc3cc5ccccc5cc34)c3c(ccc4ccccc43)c2)c2ccc3c(c2)oc2cc4ccccc4cc23)cc1. The van der Waals surface area contributed by atoms with Gasteiger partial charge in [-0.3, -0.25) is 0 Å². The molecule has 11 aromatic carbocycles. The van der Waals surface area contributed by atoms with Crippen molar-refractivity contribution in [3.05, 3.63) is 218 Å². The Morgan fingerprint density at radius 2 is 0.694 bits per heavy atom. The van der Waals surface area contributed by atoms with E-state index < -0.39 is 0 Å². The number of hydrogen-bond acceptors (Lipinski definition) is 4. The van der Waals surface area contributed by atoms with Gasteiger partial charge in [-0.15, -0.1) is 0 Å². The molecule has 13 rings (SSSR count). The largest absolute Gasteiger partial charge is 0.456 e. The van der Waals surface area contributed by atoms with E-state index in [4.69, 9.17) is 8.83 Å². The zero-order chi connectivity index (χ0) is 40.7. The van der Waals surface area contributed by atoms with Crippen molar-refractivity contribution in [3.63, 3.8) is 0 Å². The molecule has 13 aromatic rings. The number of rotatable bonds is 6. The van der Waals surface area contributed by atoms with Crippen molar-refractivity contribution < 1.29 is 8.83 Å². The predicted molar refractivity (Wildman–Crippen MR) is 260 cm³/mol.